The van der Waals surface area contributed by atoms with E-state index in [0.717, 1.165) is 15.8 Å². The standard InChI is InChI=1S/C15H14BrClFNO/c1-19-15(11-8-10(17)4-5-13(11)18)9-3-6-14(20-2)12(16)7-9/h3-8,15,19H,1-2H3. The van der Waals surface area contributed by atoms with Gasteiger partial charge in [-0.05, 0) is 58.9 Å². The molecule has 0 aliphatic heterocycles. The molecule has 0 bridgehead atoms. The molecule has 0 amide bonds. The van der Waals surface area contributed by atoms with E-state index in [0.29, 0.717) is 10.6 Å². The van der Waals surface area contributed by atoms with E-state index < -0.39 is 0 Å². The number of methoxy groups -OCH3 is 1. The van der Waals surface area contributed by atoms with Crippen LogP contribution in [0.2, 0.25) is 5.02 Å². The van der Waals surface area contributed by atoms with E-state index in [1.165, 1.54) is 12.1 Å². The van der Waals surface area contributed by atoms with Gasteiger partial charge in [-0.2, -0.15) is 0 Å². The first-order valence-electron chi connectivity index (χ1n) is 6.02. The zero-order valence-electron chi connectivity index (χ0n) is 11.1. The fourth-order valence-electron chi connectivity index (χ4n) is 2.10. The molecule has 0 saturated carbocycles. The van der Waals surface area contributed by atoms with E-state index in [9.17, 15) is 4.39 Å². The quantitative estimate of drug-likeness (QED) is 0.865. The SMILES string of the molecule is CNC(c1ccc(OC)c(Br)c1)c1cc(Cl)ccc1F. The number of ether oxygens (including phenoxy) is 1. The summed E-state index contributed by atoms with van der Waals surface area (Å²) in [5.41, 5.74) is 1.43. The van der Waals surface area contributed by atoms with Gasteiger partial charge in [-0.3, -0.25) is 0 Å². The van der Waals surface area contributed by atoms with Gasteiger partial charge in [0.2, 0.25) is 0 Å². The Morgan fingerprint density at radius 3 is 2.60 bits per heavy atom. The largest absolute Gasteiger partial charge is 0.496 e. The lowest BCUT2D eigenvalue weighted by Crippen LogP contribution is -2.19. The fourth-order valence-corrected chi connectivity index (χ4v) is 2.84. The number of hydrogen-bond acceptors (Lipinski definition) is 2. The second kappa shape index (κ2) is 6.57. The summed E-state index contributed by atoms with van der Waals surface area (Å²) in [5, 5.41) is 3.62. The van der Waals surface area contributed by atoms with Gasteiger partial charge in [0.15, 0.2) is 0 Å². The first-order valence-corrected chi connectivity index (χ1v) is 7.19. The Bertz CT molecular complexity index is 621. The maximum Gasteiger partial charge on any atom is 0.133 e. The number of nitrogens with one attached hydrogen (secondary N) is 1. The van der Waals surface area contributed by atoms with Crippen molar-refractivity contribution < 1.29 is 9.13 Å². The van der Waals surface area contributed by atoms with E-state index in [2.05, 4.69) is 21.2 Å². The summed E-state index contributed by atoms with van der Waals surface area (Å²) in [4.78, 5) is 0. The van der Waals surface area contributed by atoms with Crippen LogP contribution in [-0.4, -0.2) is 14.2 Å². The molecule has 1 unspecified atom stereocenters. The van der Waals surface area contributed by atoms with Crippen molar-refractivity contribution >= 4 is 27.5 Å². The maximum absolute atomic E-state index is 14.0. The van der Waals surface area contributed by atoms with Crippen molar-refractivity contribution in [2.75, 3.05) is 14.2 Å². The molecule has 5 heteroatoms. The normalized spacial score (nSPS) is 12.2. The van der Waals surface area contributed by atoms with Crippen molar-refractivity contribution in [3.8, 4) is 5.75 Å². The van der Waals surface area contributed by atoms with Crippen LogP contribution in [-0.2, 0) is 0 Å². The first-order chi connectivity index (χ1) is 9.56. The van der Waals surface area contributed by atoms with E-state index in [-0.39, 0.29) is 11.9 Å². The molecule has 2 rings (SSSR count). The summed E-state index contributed by atoms with van der Waals surface area (Å²) in [7, 11) is 3.38. The minimum Gasteiger partial charge on any atom is -0.496 e. The van der Waals surface area contributed by atoms with E-state index >= 15 is 0 Å². The zero-order chi connectivity index (χ0) is 14.7. The summed E-state index contributed by atoms with van der Waals surface area (Å²) in [5.74, 6) is 0.441. The smallest absolute Gasteiger partial charge is 0.133 e. The lowest BCUT2D eigenvalue weighted by Gasteiger charge is -2.19. The highest BCUT2D eigenvalue weighted by atomic mass is 79.9. The monoisotopic (exact) mass is 357 g/mol. The van der Waals surface area contributed by atoms with Crippen molar-refractivity contribution in [1.82, 2.24) is 5.32 Å². The van der Waals surface area contributed by atoms with E-state index in [4.69, 9.17) is 16.3 Å². The highest BCUT2D eigenvalue weighted by Gasteiger charge is 2.17. The average molecular weight is 359 g/mol. The number of halogens is 3. The second-order valence-electron chi connectivity index (χ2n) is 4.28. The van der Waals surface area contributed by atoms with Crippen LogP contribution in [0.5, 0.6) is 5.75 Å². The molecule has 0 fully saturated rings. The molecule has 0 aromatic heterocycles. The average Bonchev–Trinajstić information content (AvgIpc) is 2.44. The van der Waals surface area contributed by atoms with Gasteiger partial charge in [-0.15, -0.1) is 0 Å². The summed E-state index contributed by atoms with van der Waals surface area (Å²) < 4.78 is 20.0. The molecule has 2 nitrogen and oxygen atoms in total. The summed E-state index contributed by atoms with van der Waals surface area (Å²) in [6.07, 6.45) is 0. The molecule has 106 valence electrons. The van der Waals surface area contributed by atoms with Gasteiger partial charge in [0.25, 0.3) is 0 Å². The Morgan fingerprint density at radius 1 is 1.25 bits per heavy atom. The second-order valence-corrected chi connectivity index (χ2v) is 5.57. The van der Waals surface area contributed by atoms with Gasteiger partial charge in [0.1, 0.15) is 11.6 Å². The van der Waals surface area contributed by atoms with Crippen LogP contribution in [0.25, 0.3) is 0 Å². The molecule has 0 aliphatic rings. The van der Waals surface area contributed by atoms with Crippen molar-refractivity contribution in [1.29, 1.82) is 0 Å². The van der Waals surface area contributed by atoms with E-state index in [1.54, 1.807) is 20.2 Å². The lowest BCUT2D eigenvalue weighted by molar-refractivity contribution is 0.412. The lowest BCUT2D eigenvalue weighted by atomic mass is 9.98. The third-order valence-corrected chi connectivity index (χ3v) is 3.92. The summed E-state index contributed by atoms with van der Waals surface area (Å²) in [6.45, 7) is 0. The van der Waals surface area contributed by atoms with Gasteiger partial charge >= 0.3 is 0 Å². The van der Waals surface area contributed by atoms with Gasteiger partial charge in [0, 0.05) is 10.6 Å². The number of benzene rings is 2. The first kappa shape index (κ1) is 15.3. The Hall–Kier alpha value is -1.10. The van der Waals surface area contributed by atoms with Gasteiger partial charge in [0.05, 0.1) is 17.6 Å². The number of rotatable bonds is 4. The summed E-state index contributed by atoms with van der Waals surface area (Å²) >= 11 is 9.40. The Labute approximate surface area is 131 Å². The highest BCUT2D eigenvalue weighted by Crippen LogP contribution is 2.32. The molecular weight excluding hydrogens is 345 g/mol. The molecule has 1 atom stereocenters. The van der Waals surface area contributed by atoms with Gasteiger partial charge < -0.3 is 10.1 Å². The Morgan fingerprint density at radius 2 is 2.00 bits per heavy atom. The topological polar surface area (TPSA) is 21.3 Å². The highest BCUT2D eigenvalue weighted by molar-refractivity contribution is 9.10. The molecule has 0 saturated heterocycles. The van der Waals surface area contributed by atoms with Gasteiger partial charge in [-0.1, -0.05) is 17.7 Å². The van der Waals surface area contributed by atoms with Crippen LogP contribution in [0.3, 0.4) is 0 Å². The third kappa shape index (κ3) is 3.14. The Kier molecular flexibility index (Phi) is 5.02. The van der Waals surface area contributed by atoms with Crippen LogP contribution in [0, 0.1) is 5.82 Å². The van der Waals surface area contributed by atoms with Crippen LogP contribution >= 0.6 is 27.5 Å². The zero-order valence-corrected chi connectivity index (χ0v) is 13.4. The van der Waals surface area contributed by atoms with Crippen molar-refractivity contribution in [3.05, 3.63) is 62.8 Å². The predicted molar refractivity (Wildman–Crippen MR) is 83.0 cm³/mol. The molecule has 0 aliphatic carbocycles. The van der Waals surface area contributed by atoms with Crippen LogP contribution < -0.4 is 10.1 Å². The minimum absolute atomic E-state index is 0.282. The van der Waals surface area contributed by atoms with Crippen LogP contribution in [0.4, 0.5) is 4.39 Å². The van der Waals surface area contributed by atoms with Crippen molar-refractivity contribution in [3.63, 3.8) is 0 Å². The molecule has 0 heterocycles. The third-order valence-electron chi connectivity index (χ3n) is 3.07. The fraction of sp³-hybridized carbons (Fsp3) is 0.200. The van der Waals surface area contributed by atoms with Crippen molar-refractivity contribution in [2.24, 2.45) is 0 Å². The molecule has 0 radical (unpaired) electrons. The molecule has 1 N–H and O–H groups in total. The summed E-state index contributed by atoms with van der Waals surface area (Å²) in [6, 6.07) is 9.90. The van der Waals surface area contributed by atoms with Crippen LogP contribution in [0.1, 0.15) is 17.2 Å². The molecule has 20 heavy (non-hydrogen) atoms. The molecule has 2 aromatic carbocycles. The molecule has 2 aromatic rings. The Balaban J connectivity index is 2.46. The molecular formula is C15H14BrClFNO. The van der Waals surface area contributed by atoms with Gasteiger partial charge in [-0.25, -0.2) is 4.39 Å². The molecule has 0 spiro atoms. The van der Waals surface area contributed by atoms with Crippen LogP contribution in [0.15, 0.2) is 40.9 Å². The van der Waals surface area contributed by atoms with E-state index in [1.807, 2.05) is 18.2 Å². The number of hydrogen-bond donors (Lipinski definition) is 1. The maximum atomic E-state index is 14.0. The predicted octanol–water partition coefficient (Wildman–Crippen LogP) is 4.56. The minimum atomic E-state index is -0.291. The van der Waals surface area contributed by atoms with Crippen molar-refractivity contribution in [2.45, 2.75) is 6.04 Å².